The summed E-state index contributed by atoms with van der Waals surface area (Å²) in [6.07, 6.45) is 9.97. The van der Waals surface area contributed by atoms with Crippen LogP contribution in [0.1, 0.15) is 93.9 Å². The van der Waals surface area contributed by atoms with Crippen LogP contribution in [0.25, 0.3) is 11.1 Å². The van der Waals surface area contributed by atoms with Gasteiger partial charge in [0, 0.05) is 5.56 Å². The number of aryl methyl sites for hydroxylation is 1. The first-order valence-corrected chi connectivity index (χ1v) is 14.5. The minimum atomic E-state index is -0.208. The molecule has 38 heavy (non-hydrogen) atoms. The maximum atomic E-state index is 15.1. The van der Waals surface area contributed by atoms with Gasteiger partial charge >= 0.3 is 0 Å². The van der Waals surface area contributed by atoms with Crippen LogP contribution in [0, 0.1) is 17.2 Å². The minimum Gasteiger partial charge on any atom is -0.497 e. The number of benzene rings is 3. The number of hydrogen-bond donors (Lipinski definition) is 0. The monoisotopic (exact) mass is 512 g/mol. The van der Waals surface area contributed by atoms with Crippen LogP contribution in [0.2, 0.25) is 0 Å². The van der Waals surface area contributed by atoms with Crippen molar-refractivity contribution in [1.29, 1.82) is 0 Å². The lowest BCUT2D eigenvalue weighted by molar-refractivity contribution is 0.114. The summed E-state index contributed by atoms with van der Waals surface area (Å²) in [5.41, 5.74) is 7.56. The van der Waals surface area contributed by atoms with Gasteiger partial charge in [0.1, 0.15) is 23.9 Å². The van der Waals surface area contributed by atoms with Crippen molar-refractivity contribution in [3.63, 3.8) is 0 Å². The molecule has 2 saturated carbocycles. The Morgan fingerprint density at radius 1 is 0.868 bits per heavy atom. The van der Waals surface area contributed by atoms with Crippen molar-refractivity contribution < 1.29 is 13.9 Å². The minimum absolute atomic E-state index is 0.176. The number of halogens is 1. The quantitative estimate of drug-likeness (QED) is 0.327. The van der Waals surface area contributed by atoms with E-state index in [4.69, 9.17) is 9.47 Å². The number of ether oxygens (including phenoxy) is 2. The molecule has 2 nitrogen and oxygen atoms in total. The third kappa shape index (κ3) is 4.32. The second-order valence-electron chi connectivity index (χ2n) is 12.8. The SMILES string of the molecule is COc1ccc(F)c(-c2ccc(COc3ccc4c(c3)[C@]3(CCC4)CC[C@@H]3C)cc2[C@@H]2CCCC2(C)C)c1. The van der Waals surface area contributed by atoms with E-state index in [1.807, 2.05) is 6.07 Å². The summed E-state index contributed by atoms with van der Waals surface area (Å²) in [7, 11) is 1.63. The van der Waals surface area contributed by atoms with E-state index >= 15 is 4.39 Å². The molecule has 0 aliphatic heterocycles. The first-order chi connectivity index (χ1) is 18.3. The normalized spacial score (nSPS) is 25.6. The van der Waals surface area contributed by atoms with Gasteiger partial charge in [-0.1, -0.05) is 51.5 Å². The molecule has 0 radical (unpaired) electrons. The first-order valence-electron chi connectivity index (χ1n) is 14.5. The van der Waals surface area contributed by atoms with Crippen LogP contribution < -0.4 is 9.47 Å². The summed E-state index contributed by atoms with van der Waals surface area (Å²) < 4.78 is 27.0. The second-order valence-corrected chi connectivity index (χ2v) is 12.8. The Bertz CT molecular complexity index is 1340. The molecule has 3 heteroatoms. The summed E-state index contributed by atoms with van der Waals surface area (Å²) >= 11 is 0. The van der Waals surface area contributed by atoms with E-state index in [1.54, 1.807) is 13.2 Å². The predicted molar refractivity (Wildman–Crippen MR) is 153 cm³/mol. The molecule has 6 rings (SSSR count). The standard InChI is InChI=1S/C35H41FO2/c1-23-15-18-35(23)17-5-7-25-10-11-27(21-32(25)35)38-22-24-9-13-28(30-20-26(37-4)12-14-33(30)36)29(19-24)31-8-6-16-34(31,2)3/h9-14,19-21,23,31H,5-8,15-18,22H2,1-4H3/t23-,31-,35+/m0/s1. The number of hydrogen-bond acceptors (Lipinski definition) is 2. The molecule has 3 atom stereocenters. The zero-order valence-electron chi connectivity index (χ0n) is 23.4. The third-order valence-corrected chi connectivity index (χ3v) is 10.3. The highest BCUT2D eigenvalue weighted by molar-refractivity contribution is 5.71. The van der Waals surface area contributed by atoms with Crippen molar-refractivity contribution in [2.45, 2.75) is 90.1 Å². The molecule has 2 fully saturated rings. The maximum Gasteiger partial charge on any atom is 0.131 e. The maximum absolute atomic E-state index is 15.1. The van der Waals surface area contributed by atoms with Crippen molar-refractivity contribution in [1.82, 2.24) is 0 Å². The lowest BCUT2D eigenvalue weighted by Gasteiger charge is -2.52. The third-order valence-electron chi connectivity index (χ3n) is 10.3. The second kappa shape index (κ2) is 9.74. The van der Waals surface area contributed by atoms with Gasteiger partial charge in [0.2, 0.25) is 0 Å². The van der Waals surface area contributed by atoms with Gasteiger partial charge in [-0.3, -0.25) is 0 Å². The lowest BCUT2D eigenvalue weighted by atomic mass is 9.52. The molecule has 3 aliphatic rings. The van der Waals surface area contributed by atoms with Gasteiger partial charge in [-0.05, 0) is 126 Å². The van der Waals surface area contributed by atoms with E-state index in [-0.39, 0.29) is 11.2 Å². The Labute approximate surface area is 227 Å². The Hall–Kier alpha value is -2.81. The van der Waals surface area contributed by atoms with Crippen molar-refractivity contribution >= 4 is 0 Å². The average molecular weight is 513 g/mol. The summed E-state index contributed by atoms with van der Waals surface area (Å²) in [6, 6.07) is 18.3. The lowest BCUT2D eigenvalue weighted by Crippen LogP contribution is -2.45. The molecule has 0 N–H and O–H groups in total. The van der Waals surface area contributed by atoms with Crippen LogP contribution in [-0.2, 0) is 18.4 Å². The molecular formula is C35H41FO2. The Morgan fingerprint density at radius 2 is 1.71 bits per heavy atom. The summed E-state index contributed by atoms with van der Waals surface area (Å²) in [5, 5.41) is 0. The highest BCUT2D eigenvalue weighted by atomic mass is 19.1. The molecule has 1 spiro atoms. The van der Waals surface area contributed by atoms with Gasteiger partial charge in [-0.25, -0.2) is 4.39 Å². The van der Waals surface area contributed by atoms with Crippen LogP contribution in [0.3, 0.4) is 0 Å². The average Bonchev–Trinajstić information content (AvgIpc) is 3.29. The van der Waals surface area contributed by atoms with Gasteiger partial charge in [-0.2, -0.15) is 0 Å². The summed E-state index contributed by atoms with van der Waals surface area (Å²) in [4.78, 5) is 0. The van der Waals surface area contributed by atoms with E-state index in [1.165, 1.54) is 67.7 Å². The smallest absolute Gasteiger partial charge is 0.131 e. The molecule has 3 aromatic carbocycles. The van der Waals surface area contributed by atoms with E-state index in [9.17, 15) is 0 Å². The fourth-order valence-corrected chi connectivity index (χ4v) is 7.75. The van der Waals surface area contributed by atoms with Crippen molar-refractivity contribution in [3.05, 3.63) is 82.7 Å². The van der Waals surface area contributed by atoms with Gasteiger partial charge in [-0.15, -0.1) is 0 Å². The van der Waals surface area contributed by atoms with Crippen LogP contribution in [0.15, 0.2) is 54.6 Å². The van der Waals surface area contributed by atoms with Crippen molar-refractivity contribution in [3.8, 4) is 22.6 Å². The summed E-state index contributed by atoms with van der Waals surface area (Å²) in [5.74, 6) is 2.58. The molecule has 0 bridgehead atoms. The summed E-state index contributed by atoms with van der Waals surface area (Å²) in [6.45, 7) is 7.64. The molecule has 0 unspecified atom stereocenters. The van der Waals surface area contributed by atoms with Crippen molar-refractivity contribution in [2.75, 3.05) is 7.11 Å². The van der Waals surface area contributed by atoms with Gasteiger partial charge in [0.05, 0.1) is 7.11 Å². The topological polar surface area (TPSA) is 18.5 Å². The van der Waals surface area contributed by atoms with Crippen LogP contribution in [-0.4, -0.2) is 7.11 Å². The van der Waals surface area contributed by atoms with Gasteiger partial charge < -0.3 is 9.47 Å². The Kier molecular flexibility index (Phi) is 6.53. The molecule has 3 aromatic rings. The molecule has 3 aliphatic carbocycles. The first kappa shape index (κ1) is 25.5. The van der Waals surface area contributed by atoms with Gasteiger partial charge in [0.25, 0.3) is 0 Å². The Balaban J connectivity index is 1.32. The molecule has 200 valence electrons. The molecule has 0 aromatic heterocycles. The van der Waals surface area contributed by atoms with E-state index in [0.29, 0.717) is 29.3 Å². The van der Waals surface area contributed by atoms with Crippen LogP contribution in [0.5, 0.6) is 11.5 Å². The van der Waals surface area contributed by atoms with Crippen LogP contribution in [0.4, 0.5) is 4.39 Å². The van der Waals surface area contributed by atoms with E-state index in [0.717, 1.165) is 29.2 Å². The Morgan fingerprint density at radius 3 is 2.42 bits per heavy atom. The van der Waals surface area contributed by atoms with Crippen LogP contribution >= 0.6 is 0 Å². The number of rotatable bonds is 6. The zero-order valence-corrected chi connectivity index (χ0v) is 23.4. The largest absolute Gasteiger partial charge is 0.497 e. The molecule has 0 amide bonds. The number of fused-ring (bicyclic) bond motifs is 2. The fourth-order valence-electron chi connectivity index (χ4n) is 7.75. The molecular weight excluding hydrogens is 471 g/mol. The fraction of sp³-hybridized carbons (Fsp3) is 0.486. The highest BCUT2D eigenvalue weighted by Crippen LogP contribution is 2.55. The van der Waals surface area contributed by atoms with E-state index in [2.05, 4.69) is 57.2 Å². The number of methoxy groups -OCH3 is 1. The van der Waals surface area contributed by atoms with Gasteiger partial charge in [0.15, 0.2) is 0 Å². The van der Waals surface area contributed by atoms with E-state index < -0.39 is 0 Å². The molecule has 0 saturated heterocycles. The zero-order chi connectivity index (χ0) is 26.5. The highest BCUT2D eigenvalue weighted by Gasteiger charge is 2.47. The molecule has 0 heterocycles. The predicted octanol–water partition coefficient (Wildman–Crippen LogP) is 9.38. The van der Waals surface area contributed by atoms with Crippen molar-refractivity contribution in [2.24, 2.45) is 11.3 Å².